The lowest BCUT2D eigenvalue weighted by atomic mass is 9.96. The Morgan fingerprint density at radius 2 is 1.80 bits per heavy atom. The molecule has 0 radical (unpaired) electrons. The Kier molecular flexibility index (Phi) is 9.68. The van der Waals surface area contributed by atoms with Crippen LogP contribution in [0.5, 0.6) is 11.6 Å². The minimum Gasteiger partial charge on any atom is -0.479 e. The van der Waals surface area contributed by atoms with Gasteiger partial charge in [-0.1, -0.05) is 60.7 Å². The van der Waals surface area contributed by atoms with Crippen LogP contribution >= 0.6 is 30.3 Å². The number of carbonyl (C=O) groups excluding carboxylic acids is 1. The van der Waals surface area contributed by atoms with Crippen molar-refractivity contribution in [2.75, 3.05) is 19.5 Å². The van der Waals surface area contributed by atoms with Gasteiger partial charge in [0.05, 0.1) is 13.7 Å². The quantitative estimate of drug-likeness (QED) is 0.0642. The third-order valence-electron chi connectivity index (χ3n) is 9.04. The van der Waals surface area contributed by atoms with E-state index >= 15 is 0 Å². The Hall–Kier alpha value is -3.90. The minimum absolute atomic E-state index is 0.0994. The monoisotopic (exact) mass is 830 g/mol. The van der Waals surface area contributed by atoms with E-state index in [1.807, 2.05) is 71.1 Å². The summed E-state index contributed by atoms with van der Waals surface area (Å²) in [5.41, 5.74) is 6.69. The molecule has 6 atom stereocenters. The number of benzene rings is 3. The highest BCUT2D eigenvalue weighted by Crippen LogP contribution is 2.49. The molecular formula is C34H36IN6O9P. The summed E-state index contributed by atoms with van der Waals surface area (Å²) in [5, 5.41) is 27.1. The fourth-order valence-corrected chi connectivity index (χ4v) is 8.71. The number of methoxy groups -OCH3 is 1. The van der Waals surface area contributed by atoms with Gasteiger partial charge < -0.3 is 34.7 Å². The van der Waals surface area contributed by atoms with E-state index < -0.39 is 50.4 Å². The number of aliphatic hydroxyl groups is 2. The zero-order valence-corrected chi connectivity index (χ0v) is 30.9. The highest BCUT2D eigenvalue weighted by molar-refractivity contribution is 14.1. The second-order valence-corrected chi connectivity index (χ2v) is 15.3. The van der Waals surface area contributed by atoms with Crippen molar-refractivity contribution >= 4 is 64.2 Å². The van der Waals surface area contributed by atoms with E-state index in [4.69, 9.17) is 29.0 Å². The zero-order valence-electron chi connectivity index (χ0n) is 27.8. The average molecular weight is 831 g/mol. The number of rotatable bonds is 11. The van der Waals surface area contributed by atoms with Gasteiger partial charge in [-0.05, 0) is 36.4 Å². The summed E-state index contributed by atoms with van der Waals surface area (Å²) >= 11 is 1.93. The molecule has 1 unspecified atom stereocenters. The number of hydrogen-bond acceptors (Lipinski definition) is 13. The van der Waals surface area contributed by atoms with E-state index in [9.17, 15) is 19.6 Å². The van der Waals surface area contributed by atoms with Crippen molar-refractivity contribution in [1.29, 1.82) is 0 Å². The summed E-state index contributed by atoms with van der Waals surface area (Å²) in [7, 11) is -3.01. The maximum Gasteiger partial charge on any atom is 0.459 e. The van der Waals surface area contributed by atoms with Gasteiger partial charge >= 0.3 is 13.7 Å². The third kappa shape index (κ3) is 6.89. The van der Waals surface area contributed by atoms with E-state index in [1.54, 1.807) is 18.2 Å². The Morgan fingerprint density at radius 1 is 1.12 bits per heavy atom. The Labute approximate surface area is 306 Å². The lowest BCUT2D eigenvalue weighted by Gasteiger charge is -2.28. The van der Waals surface area contributed by atoms with Crippen LogP contribution in [0, 0.1) is 3.83 Å². The summed E-state index contributed by atoms with van der Waals surface area (Å²) in [6.45, 7) is 2.37. The predicted molar refractivity (Wildman–Crippen MR) is 194 cm³/mol. The number of nitrogens with zero attached hydrogens (tertiary/aromatic N) is 4. The van der Waals surface area contributed by atoms with Gasteiger partial charge in [-0.2, -0.15) is 15.1 Å². The molecule has 1 fully saturated rings. The Bertz CT molecular complexity index is 2140. The van der Waals surface area contributed by atoms with Gasteiger partial charge in [0, 0.05) is 40.8 Å². The molecular weight excluding hydrogens is 794 g/mol. The molecule has 1 aliphatic heterocycles. The van der Waals surface area contributed by atoms with Gasteiger partial charge in [-0.25, -0.2) is 9.55 Å². The third-order valence-corrected chi connectivity index (χ3v) is 11.4. The van der Waals surface area contributed by atoms with Crippen LogP contribution in [-0.2, 0) is 36.2 Å². The molecule has 7 rings (SSSR count). The molecule has 3 aromatic carbocycles. The molecule has 5 N–H and O–H groups in total. The van der Waals surface area contributed by atoms with Crippen molar-refractivity contribution in [3.8, 4) is 11.6 Å². The molecule has 1 aliphatic carbocycles. The molecule has 5 aromatic rings. The highest BCUT2D eigenvalue weighted by Gasteiger charge is 2.55. The number of nitrogens with one attached hydrogen (secondary N) is 1. The number of nitrogen functional groups attached to an aromatic ring is 1. The SMILES string of the molecule is COc1nc(N)nc2c1nc(I)n2[C@@H]1O[C@H](COP(=O)(N[C@@H](C)C(=O)OC2Cc3ccccc3C2)Oc2cccc3ccccc23)[C@@H](O)[C@@]1(C)O. The lowest BCUT2D eigenvalue weighted by Crippen LogP contribution is -2.45. The second kappa shape index (κ2) is 13.9. The first-order valence-corrected chi connectivity index (χ1v) is 18.8. The predicted octanol–water partition coefficient (Wildman–Crippen LogP) is 4.08. The fraction of sp³-hybridized carbons (Fsp3) is 0.353. The van der Waals surface area contributed by atoms with Crippen molar-refractivity contribution in [3.05, 3.63) is 81.7 Å². The summed E-state index contributed by atoms with van der Waals surface area (Å²) in [5.74, 6) is -0.386. The number of nitrogens with two attached hydrogens (primary N) is 1. The molecule has 0 spiro atoms. The van der Waals surface area contributed by atoms with Crippen LogP contribution in [0.4, 0.5) is 5.95 Å². The molecule has 1 saturated heterocycles. The average Bonchev–Trinajstić information content (AvgIpc) is 3.73. The smallest absolute Gasteiger partial charge is 0.459 e. The maximum absolute atomic E-state index is 14.6. The van der Waals surface area contributed by atoms with Crippen LogP contribution in [0.3, 0.4) is 0 Å². The van der Waals surface area contributed by atoms with E-state index in [-0.39, 0.29) is 34.8 Å². The van der Waals surface area contributed by atoms with Crippen LogP contribution in [-0.4, -0.2) is 79.4 Å². The van der Waals surface area contributed by atoms with Gasteiger partial charge in [0.1, 0.15) is 35.7 Å². The van der Waals surface area contributed by atoms with Crippen molar-refractivity contribution in [2.45, 2.75) is 62.9 Å². The normalized spacial score (nSPS) is 23.6. The number of esters is 1. The highest BCUT2D eigenvalue weighted by atomic mass is 127. The first-order chi connectivity index (χ1) is 24.4. The van der Waals surface area contributed by atoms with Crippen molar-refractivity contribution in [1.82, 2.24) is 24.6 Å². The van der Waals surface area contributed by atoms with Gasteiger partial charge in [-0.3, -0.25) is 13.9 Å². The number of imidazole rings is 1. The number of halogens is 1. The van der Waals surface area contributed by atoms with Crippen LogP contribution in [0.15, 0.2) is 66.7 Å². The number of fused-ring (bicyclic) bond motifs is 3. The maximum atomic E-state index is 14.6. The fourth-order valence-electron chi connectivity index (χ4n) is 6.47. The number of carbonyl (C=O) groups is 1. The van der Waals surface area contributed by atoms with Gasteiger partial charge in [0.15, 0.2) is 21.2 Å². The molecule has 0 saturated carbocycles. The van der Waals surface area contributed by atoms with E-state index in [1.165, 1.54) is 25.5 Å². The first-order valence-electron chi connectivity index (χ1n) is 16.1. The minimum atomic E-state index is -4.42. The van der Waals surface area contributed by atoms with Crippen molar-refractivity contribution < 1.29 is 42.8 Å². The summed E-state index contributed by atoms with van der Waals surface area (Å²) in [6.07, 6.45) is -3.25. The van der Waals surface area contributed by atoms with Crippen LogP contribution < -0.4 is 20.1 Å². The van der Waals surface area contributed by atoms with Crippen LogP contribution in [0.1, 0.15) is 31.2 Å². The van der Waals surface area contributed by atoms with E-state index in [0.29, 0.717) is 22.1 Å². The number of aliphatic hydroxyl groups excluding tert-OH is 1. The van der Waals surface area contributed by atoms with Crippen molar-refractivity contribution in [3.63, 3.8) is 0 Å². The van der Waals surface area contributed by atoms with Gasteiger partial charge in [0.2, 0.25) is 11.8 Å². The number of aromatic nitrogens is 4. The molecule has 15 nitrogen and oxygen atoms in total. The number of hydrogen-bond donors (Lipinski definition) is 4. The molecule has 2 aliphatic rings. The van der Waals surface area contributed by atoms with Gasteiger partial charge in [0.25, 0.3) is 0 Å². The number of anilines is 1. The van der Waals surface area contributed by atoms with E-state index in [0.717, 1.165) is 16.5 Å². The molecule has 0 bridgehead atoms. The van der Waals surface area contributed by atoms with E-state index in [2.05, 4.69) is 20.0 Å². The molecule has 268 valence electrons. The zero-order chi connectivity index (χ0) is 36.1. The Morgan fingerprint density at radius 3 is 2.53 bits per heavy atom. The molecule has 2 aromatic heterocycles. The number of ether oxygens (including phenoxy) is 3. The summed E-state index contributed by atoms with van der Waals surface area (Å²) < 4.78 is 45.7. The second-order valence-electron chi connectivity index (χ2n) is 12.7. The molecule has 3 heterocycles. The molecule has 17 heteroatoms. The Balaban J connectivity index is 1.13. The lowest BCUT2D eigenvalue weighted by molar-refractivity contribution is -0.150. The van der Waals surface area contributed by atoms with Crippen LogP contribution in [0.25, 0.3) is 21.9 Å². The molecule has 51 heavy (non-hydrogen) atoms. The molecule has 0 amide bonds. The van der Waals surface area contributed by atoms with Crippen molar-refractivity contribution in [2.24, 2.45) is 0 Å². The van der Waals surface area contributed by atoms with Crippen LogP contribution in [0.2, 0.25) is 0 Å². The topological polar surface area (TPSA) is 202 Å². The first kappa shape index (κ1) is 35.5. The summed E-state index contributed by atoms with van der Waals surface area (Å²) in [6, 6.07) is 19.4. The van der Waals surface area contributed by atoms with Gasteiger partial charge in [-0.15, -0.1) is 0 Å². The largest absolute Gasteiger partial charge is 0.479 e. The summed E-state index contributed by atoms with van der Waals surface area (Å²) in [4.78, 5) is 26.1. The standard InChI is InChI=1S/C34H36IN6O9P/c1-18(30(43)48-22-15-20-10-4-5-11-21(20)16-22)40-51(45,50-24-14-8-12-19-9-6-7-13-23(19)24)47-17-25-27(42)34(2,44)31(49-25)41-28-26(37-32(41)35)29(46-3)39-33(36)38-28/h4-14,18,22,25,27,31,42,44H,15-17H2,1-3H3,(H,40,45)(H2,36,38,39)/t18-,25+,27+,31+,34+,51?/m0/s1.